The molecule has 0 aromatic heterocycles. The molecule has 0 heterocycles. The van der Waals surface area contributed by atoms with Gasteiger partial charge in [0.15, 0.2) is 5.78 Å². The number of hydrogen-bond acceptors (Lipinski definition) is 1. The van der Waals surface area contributed by atoms with Crippen LogP contribution in [0.4, 0.5) is 0 Å². The Morgan fingerprint density at radius 3 is 2.71 bits per heavy atom. The summed E-state index contributed by atoms with van der Waals surface area (Å²) in [5, 5.41) is 0. The van der Waals surface area contributed by atoms with E-state index in [0.717, 1.165) is 18.4 Å². The van der Waals surface area contributed by atoms with Crippen LogP contribution in [0, 0.1) is 12.8 Å². The van der Waals surface area contributed by atoms with E-state index >= 15 is 0 Å². The van der Waals surface area contributed by atoms with Gasteiger partial charge in [0.2, 0.25) is 0 Å². The van der Waals surface area contributed by atoms with Crippen LogP contribution in [0.1, 0.15) is 24.0 Å². The first kappa shape index (κ1) is 9.20. The number of hydrogen-bond donors (Lipinski definition) is 0. The average Bonchev–Trinajstić information content (AvgIpc) is 2.99. The van der Waals surface area contributed by atoms with Crippen LogP contribution in [0.2, 0.25) is 0 Å². The molecule has 0 amide bonds. The first-order valence-corrected chi connectivity index (χ1v) is 5.05. The van der Waals surface area contributed by atoms with Crippen molar-refractivity contribution in [3.63, 3.8) is 0 Å². The standard InChI is InChI=1S/C13H14O/c1-10-4-2-3-5-11(10)8-9-13(14)12-6-7-12/h2-5,8-9,12H,6-7H2,1H3/b9-8+. The summed E-state index contributed by atoms with van der Waals surface area (Å²) in [5.41, 5.74) is 2.36. The molecule has 0 spiro atoms. The van der Waals surface area contributed by atoms with Gasteiger partial charge >= 0.3 is 0 Å². The smallest absolute Gasteiger partial charge is 0.158 e. The van der Waals surface area contributed by atoms with Gasteiger partial charge in [0.05, 0.1) is 0 Å². The fourth-order valence-electron chi connectivity index (χ4n) is 1.45. The maximum atomic E-state index is 11.4. The van der Waals surface area contributed by atoms with Gasteiger partial charge in [-0.3, -0.25) is 4.79 Å². The zero-order valence-electron chi connectivity index (χ0n) is 8.36. The summed E-state index contributed by atoms with van der Waals surface area (Å²) in [6.07, 6.45) is 5.81. The van der Waals surface area contributed by atoms with Gasteiger partial charge in [-0.15, -0.1) is 0 Å². The molecule has 1 aliphatic carbocycles. The second kappa shape index (κ2) is 3.79. The van der Waals surface area contributed by atoms with Gasteiger partial charge < -0.3 is 0 Å². The van der Waals surface area contributed by atoms with E-state index in [2.05, 4.69) is 13.0 Å². The van der Waals surface area contributed by atoms with E-state index in [1.807, 2.05) is 24.3 Å². The lowest BCUT2D eigenvalue weighted by atomic mass is 10.1. The molecule has 1 saturated carbocycles. The monoisotopic (exact) mass is 186 g/mol. The van der Waals surface area contributed by atoms with E-state index in [1.54, 1.807) is 6.08 Å². The lowest BCUT2D eigenvalue weighted by Gasteiger charge is -1.97. The quantitative estimate of drug-likeness (QED) is 0.663. The SMILES string of the molecule is Cc1ccccc1/C=C/C(=O)C1CC1. The summed E-state index contributed by atoms with van der Waals surface area (Å²) in [4.78, 5) is 11.4. The van der Waals surface area contributed by atoms with E-state index in [4.69, 9.17) is 0 Å². The van der Waals surface area contributed by atoms with Gasteiger partial charge in [0.1, 0.15) is 0 Å². The molecular formula is C13H14O. The van der Waals surface area contributed by atoms with Crippen molar-refractivity contribution in [2.45, 2.75) is 19.8 Å². The summed E-state index contributed by atoms with van der Waals surface area (Å²) in [7, 11) is 0. The summed E-state index contributed by atoms with van der Waals surface area (Å²) < 4.78 is 0. The first-order valence-electron chi connectivity index (χ1n) is 5.05. The van der Waals surface area contributed by atoms with E-state index < -0.39 is 0 Å². The summed E-state index contributed by atoms with van der Waals surface area (Å²) in [6.45, 7) is 2.06. The van der Waals surface area contributed by atoms with Gasteiger partial charge in [-0.2, -0.15) is 0 Å². The molecule has 0 unspecified atom stereocenters. The van der Waals surface area contributed by atoms with Gasteiger partial charge in [-0.05, 0) is 37.0 Å². The zero-order valence-corrected chi connectivity index (χ0v) is 8.36. The van der Waals surface area contributed by atoms with Crippen molar-refractivity contribution in [2.75, 3.05) is 0 Å². The minimum absolute atomic E-state index is 0.285. The molecule has 72 valence electrons. The highest BCUT2D eigenvalue weighted by Gasteiger charge is 2.27. The number of carbonyl (C=O) groups excluding carboxylic acids is 1. The van der Waals surface area contributed by atoms with E-state index in [0.29, 0.717) is 5.92 Å². The molecule has 0 saturated heterocycles. The van der Waals surface area contributed by atoms with Crippen molar-refractivity contribution in [1.29, 1.82) is 0 Å². The van der Waals surface area contributed by atoms with Crippen molar-refractivity contribution in [1.82, 2.24) is 0 Å². The first-order chi connectivity index (χ1) is 6.77. The molecule has 0 radical (unpaired) electrons. The minimum atomic E-state index is 0.285. The van der Waals surface area contributed by atoms with Gasteiger partial charge in [-0.1, -0.05) is 30.3 Å². The Hall–Kier alpha value is -1.37. The highest BCUT2D eigenvalue weighted by molar-refractivity contribution is 5.96. The van der Waals surface area contributed by atoms with Crippen LogP contribution in [0.15, 0.2) is 30.3 Å². The van der Waals surface area contributed by atoms with Crippen molar-refractivity contribution in [2.24, 2.45) is 5.92 Å². The number of benzene rings is 1. The highest BCUT2D eigenvalue weighted by atomic mass is 16.1. The highest BCUT2D eigenvalue weighted by Crippen LogP contribution is 2.30. The Balaban J connectivity index is 2.09. The molecular weight excluding hydrogens is 172 g/mol. The van der Waals surface area contributed by atoms with E-state index in [9.17, 15) is 4.79 Å². The fourth-order valence-corrected chi connectivity index (χ4v) is 1.45. The molecule has 0 aliphatic heterocycles. The van der Waals surface area contributed by atoms with Crippen LogP contribution in [0.5, 0.6) is 0 Å². The Kier molecular flexibility index (Phi) is 2.49. The van der Waals surface area contributed by atoms with E-state index in [-0.39, 0.29) is 5.78 Å². The second-order valence-corrected chi connectivity index (χ2v) is 3.87. The Labute approximate surface area is 84.5 Å². The number of allylic oxidation sites excluding steroid dienone is 1. The molecule has 14 heavy (non-hydrogen) atoms. The van der Waals surface area contributed by atoms with Crippen LogP contribution in [0.25, 0.3) is 6.08 Å². The summed E-state index contributed by atoms with van der Waals surface area (Å²) in [6, 6.07) is 8.09. The van der Waals surface area contributed by atoms with Crippen LogP contribution in [0.3, 0.4) is 0 Å². The topological polar surface area (TPSA) is 17.1 Å². The zero-order chi connectivity index (χ0) is 9.97. The molecule has 2 rings (SSSR count). The van der Waals surface area contributed by atoms with Crippen molar-refractivity contribution in [3.05, 3.63) is 41.5 Å². The van der Waals surface area contributed by atoms with Gasteiger partial charge in [-0.25, -0.2) is 0 Å². The number of carbonyl (C=O) groups is 1. The number of ketones is 1. The van der Waals surface area contributed by atoms with Crippen LogP contribution >= 0.6 is 0 Å². The van der Waals surface area contributed by atoms with E-state index in [1.165, 1.54) is 5.56 Å². The summed E-state index contributed by atoms with van der Waals surface area (Å²) in [5.74, 6) is 0.614. The molecule has 1 aromatic carbocycles. The Morgan fingerprint density at radius 2 is 2.07 bits per heavy atom. The van der Waals surface area contributed by atoms with Gasteiger partial charge in [0.25, 0.3) is 0 Å². The number of aryl methyl sites for hydroxylation is 1. The van der Waals surface area contributed by atoms with Gasteiger partial charge in [0, 0.05) is 5.92 Å². The predicted molar refractivity (Wildman–Crippen MR) is 57.9 cm³/mol. The average molecular weight is 186 g/mol. The van der Waals surface area contributed by atoms with Crippen molar-refractivity contribution in [3.8, 4) is 0 Å². The number of rotatable bonds is 3. The third-order valence-electron chi connectivity index (χ3n) is 2.60. The Morgan fingerprint density at radius 1 is 1.36 bits per heavy atom. The molecule has 0 atom stereocenters. The van der Waals surface area contributed by atoms with Crippen LogP contribution in [-0.4, -0.2) is 5.78 Å². The maximum Gasteiger partial charge on any atom is 0.158 e. The molecule has 1 nitrogen and oxygen atoms in total. The summed E-state index contributed by atoms with van der Waals surface area (Å²) >= 11 is 0. The van der Waals surface area contributed by atoms with Crippen LogP contribution < -0.4 is 0 Å². The largest absolute Gasteiger partial charge is 0.295 e. The second-order valence-electron chi connectivity index (χ2n) is 3.87. The molecule has 0 bridgehead atoms. The van der Waals surface area contributed by atoms with Crippen molar-refractivity contribution >= 4 is 11.9 Å². The Bertz CT molecular complexity index is 373. The lowest BCUT2D eigenvalue weighted by molar-refractivity contribution is -0.115. The van der Waals surface area contributed by atoms with Crippen molar-refractivity contribution < 1.29 is 4.79 Å². The molecule has 1 fully saturated rings. The normalized spacial score (nSPS) is 16.1. The lowest BCUT2D eigenvalue weighted by Crippen LogP contribution is -1.93. The minimum Gasteiger partial charge on any atom is -0.295 e. The third-order valence-corrected chi connectivity index (χ3v) is 2.60. The molecule has 1 aliphatic rings. The maximum absolute atomic E-state index is 11.4. The van der Waals surface area contributed by atoms with Crippen LogP contribution in [-0.2, 0) is 4.79 Å². The molecule has 1 heteroatoms. The predicted octanol–water partition coefficient (Wildman–Crippen LogP) is 2.99. The third kappa shape index (κ3) is 2.11. The fraction of sp³-hybridized carbons (Fsp3) is 0.308. The molecule has 0 N–H and O–H groups in total. The molecule has 1 aromatic rings.